The lowest BCUT2D eigenvalue weighted by Crippen LogP contribution is -2.33. The topological polar surface area (TPSA) is 111 Å². The first-order valence-corrected chi connectivity index (χ1v) is 9.33. The maximum Gasteiger partial charge on any atom is 0.404 e. The summed E-state index contributed by atoms with van der Waals surface area (Å²) in [7, 11) is 0. The van der Waals surface area contributed by atoms with Gasteiger partial charge in [0, 0.05) is 24.2 Å². The number of para-hydroxylation sites is 2. The van der Waals surface area contributed by atoms with Crippen LogP contribution < -0.4 is 21.7 Å². The normalized spacial score (nSPS) is 19.2. The van der Waals surface area contributed by atoms with Crippen molar-refractivity contribution in [3.05, 3.63) is 54.1 Å². The van der Waals surface area contributed by atoms with Crippen LogP contribution in [0.2, 0.25) is 0 Å². The lowest BCUT2D eigenvalue weighted by Gasteiger charge is -2.24. The molecule has 3 rings (SSSR count). The number of hydrogen-bond acceptors (Lipinski definition) is 5. The molecule has 0 bridgehead atoms. The third-order valence-electron chi connectivity index (χ3n) is 4.20. The number of rotatable bonds is 4. The van der Waals surface area contributed by atoms with Crippen LogP contribution in [0.4, 0.5) is 21.9 Å². The molecule has 1 fully saturated rings. The highest BCUT2D eigenvalue weighted by Crippen LogP contribution is 2.31. The zero-order valence-electron chi connectivity index (χ0n) is 13.9. The molecule has 1 aliphatic heterocycles. The molecule has 0 spiro atoms. The highest BCUT2D eigenvalue weighted by atomic mass is 127. The van der Waals surface area contributed by atoms with E-state index in [2.05, 4.69) is 32.8 Å². The maximum absolute atomic E-state index is 12.4. The third-order valence-corrected chi connectivity index (χ3v) is 5.67. The molecule has 0 aliphatic carbocycles. The quantitative estimate of drug-likeness (QED) is 0.278. The van der Waals surface area contributed by atoms with Gasteiger partial charge in [0.1, 0.15) is 10.2 Å². The van der Waals surface area contributed by atoms with Crippen molar-refractivity contribution in [3.63, 3.8) is 0 Å². The first-order valence-electron chi connectivity index (χ1n) is 8.08. The van der Waals surface area contributed by atoms with Gasteiger partial charge in [-0.2, -0.15) is 0 Å². The van der Waals surface area contributed by atoms with Crippen LogP contribution in [0.5, 0.6) is 0 Å². The number of nitrogen functional groups attached to an aromatic ring is 1. The summed E-state index contributed by atoms with van der Waals surface area (Å²) in [6, 6.07) is 14.4. The van der Waals surface area contributed by atoms with E-state index < -0.39 is 6.09 Å². The summed E-state index contributed by atoms with van der Waals surface area (Å²) in [5.41, 5.74) is 13.5. The van der Waals surface area contributed by atoms with E-state index in [1.807, 2.05) is 24.3 Å². The monoisotopic (exact) mass is 466 g/mol. The summed E-state index contributed by atoms with van der Waals surface area (Å²) >= 11 is 2.23. The van der Waals surface area contributed by atoms with Crippen LogP contribution in [0.3, 0.4) is 0 Å². The largest absolute Gasteiger partial charge is 0.443 e. The third kappa shape index (κ3) is 4.01. The Morgan fingerprint density at radius 1 is 1.15 bits per heavy atom. The molecule has 1 saturated heterocycles. The van der Waals surface area contributed by atoms with Crippen molar-refractivity contribution in [1.82, 2.24) is 0 Å². The van der Waals surface area contributed by atoms with Gasteiger partial charge in [0.15, 0.2) is 0 Å². The number of carbonyl (C=O) groups is 2. The summed E-state index contributed by atoms with van der Waals surface area (Å²) < 4.78 is 5.12. The van der Waals surface area contributed by atoms with Crippen LogP contribution in [0, 0.1) is 0 Å². The number of ether oxygens (including phenoxy) is 1. The van der Waals surface area contributed by atoms with E-state index in [4.69, 9.17) is 16.2 Å². The van der Waals surface area contributed by atoms with Crippen molar-refractivity contribution in [2.24, 2.45) is 5.73 Å². The van der Waals surface area contributed by atoms with Crippen LogP contribution in [0.15, 0.2) is 48.5 Å². The van der Waals surface area contributed by atoms with E-state index in [-0.39, 0.29) is 16.1 Å². The smallest absolute Gasteiger partial charge is 0.404 e. The Hall–Kier alpha value is -2.49. The standard InChI is InChI=1S/C18H19IN4O3/c19-16-15(26-18(21)25)9-10-23(16)12-7-5-11(6-8-12)17(24)22-14-4-2-1-3-13(14)20/h1-8,15-16H,9-10,20H2,(H2,21,25)(H,22,24). The number of amides is 2. The van der Waals surface area contributed by atoms with Crippen molar-refractivity contribution < 1.29 is 14.3 Å². The van der Waals surface area contributed by atoms with Gasteiger partial charge in [0.25, 0.3) is 5.91 Å². The fraction of sp³-hybridized carbons (Fsp3) is 0.222. The van der Waals surface area contributed by atoms with Crippen LogP contribution in [0.25, 0.3) is 0 Å². The Kier molecular flexibility index (Phi) is 5.50. The number of nitrogens with zero attached hydrogens (tertiary/aromatic N) is 1. The van der Waals surface area contributed by atoms with Crippen molar-refractivity contribution in [2.45, 2.75) is 16.6 Å². The molecule has 2 amide bonds. The van der Waals surface area contributed by atoms with E-state index in [1.54, 1.807) is 24.3 Å². The number of halogens is 1. The van der Waals surface area contributed by atoms with Crippen LogP contribution >= 0.6 is 22.6 Å². The predicted octanol–water partition coefficient (Wildman–Crippen LogP) is 2.96. The molecule has 0 radical (unpaired) electrons. The highest BCUT2D eigenvalue weighted by molar-refractivity contribution is 14.1. The minimum absolute atomic E-state index is 0.0103. The van der Waals surface area contributed by atoms with Crippen molar-refractivity contribution in [2.75, 3.05) is 22.5 Å². The Labute approximate surface area is 164 Å². The van der Waals surface area contributed by atoms with E-state index in [9.17, 15) is 9.59 Å². The van der Waals surface area contributed by atoms with E-state index in [1.165, 1.54) is 0 Å². The number of nitrogens with two attached hydrogens (primary N) is 2. The number of carbonyl (C=O) groups excluding carboxylic acids is 2. The van der Waals surface area contributed by atoms with Gasteiger partial charge in [-0.3, -0.25) is 4.79 Å². The Bertz CT molecular complexity index is 812. The van der Waals surface area contributed by atoms with Crippen LogP contribution in [-0.4, -0.2) is 28.7 Å². The molecule has 26 heavy (non-hydrogen) atoms. The summed E-state index contributed by atoms with van der Waals surface area (Å²) in [5, 5.41) is 2.80. The number of alkyl halides is 1. The zero-order chi connectivity index (χ0) is 18.7. The molecule has 2 aromatic carbocycles. The number of nitrogens with one attached hydrogen (secondary N) is 1. The molecular weight excluding hydrogens is 447 g/mol. The second-order valence-corrected chi connectivity index (χ2v) is 7.19. The van der Waals surface area contributed by atoms with E-state index in [0.29, 0.717) is 23.4 Å². The van der Waals surface area contributed by atoms with Crippen LogP contribution in [-0.2, 0) is 4.74 Å². The van der Waals surface area contributed by atoms with E-state index >= 15 is 0 Å². The molecule has 2 atom stereocenters. The highest BCUT2D eigenvalue weighted by Gasteiger charge is 2.34. The van der Waals surface area contributed by atoms with Gasteiger partial charge < -0.3 is 26.4 Å². The van der Waals surface area contributed by atoms with Crippen molar-refractivity contribution >= 4 is 51.7 Å². The Morgan fingerprint density at radius 2 is 1.85 bits per heavy atom. The summed E-state index contributed by atoms with van der Waals surface area (Å²) in [6.45, 7) is 0.748. The lowest BCUT2D eigenvalue weighted by molar-refractivity contribution is 0.102. The van der Waals surface area contributed by atoms with Gasteiger partial charge in [0.2, 0.25) is 0 Å². The molecule has 0 saturated carbocycles. The average molecular weight is 466 g/mol. The van der Waals surface area contributed by atoms with Crippen molar-refractivity contribution in [1.29, 1.82) is 0 Å². The molecule has 1 heterocycles. The summed E-state index contributed by atoms with van der Waals surface area (Å²) in [5.74, 6) is -0.225. The fourth-order valence-corrected chi connectivity index (χ4v) is 3.98. The molecule has 5 N–H and O–H groups in total. The molecule has 136 valence electrons. The Morgan fingerprint density at radius 3 is 2.50 bits per heavy atom. The number of benzene rings is 2. The van der Waals surface area contributed by atoms with Gasteiger partial charge in [0.05, 0.1) is 11.4 Å². The summed E-state index contributed by atoms with van der Waals surface area (Å²) in [6.07, 6.45) is -0.283. The van der Waals surface area contributed by atoms with Crippen LogP contribution in [0.1, 0.15) is 16.8 Å². The molecule has 1 aliphatic rings. The lowest BCUT2D eigenvalue weighted by atomic mass is 10.1. The van der Waals surface area contributed by atoms with Gasteiger partial charge in [-0.25, -0.2) is 4.79 Å². The zero-order valence-corrected chi connectivity index (χ0v) is 16.0. The minimum Gasteiger partial charge on any atom is -0.443 e. The minimum atomic E-state index is -0.759. The van der Waals surface area contributed by atoms with Gasteiger partial charge >= 0.3 is 6.09 Å². The average Bonchev–Trinajstić information content (AvgIpc) is 2.97. The first kappa shape index (κ1) is 18.3. The fourth-order valence-electron chi connectivity index (χ4n) is 2.87. The molecule has 0 aromatic heterocycles. The number of anilines is 3. The first-order chi connectivity index (χ1) is 12.5. The molecule has 2 unspecified atom stereocenters. The number of hydrogen-bond donors (Lipinski definition) is 3. The second-order valence-electron chi connectivity index (χ2n) is 5.92. The molecular formula is C18H19IN4O3. The number of primary amides is 1. The maximum atomic E-state index is 12.4. The van der Waals surface area contributed by atoms with E-state index in [0.717, 1.165) is 12.2 Å². The van der Waals surface area contributed by atoms with Gasteiger partial charge in [-0.1, -0.05) is 34.7 Å². The predicted molar refractivity (Wildman–Crippen MR) is 109 cm³/mol. The molecule has 2 aromatic rings. The Balaban J connectivity index is 1.68. The van der Waals surface area contributed by atoms with Crippen molar-refractivity contribution in [3.8, 4) is 0 Å². The summed E-state index contributed by atoms with van der Waals surface area (Å²) in [4.78, 5) is 25.5. The molecule has 8 heteroatoms. The SMILES string of the molecule is NC(=O)OC1CCN(c2ccc(C(=O)Nc3ccccc3N)cc2)C1I. The van der Waals surface area contributed by atoms with Gasteiger partial charge in [-0.15, -0.1) is 0 Å². The molecule has 7 nitrogen and oxygen atoms in total. The van der Waals surface area contributed by atoms with Gasteiger partial charge in [-0.05, 0) is 36.4 Å². The second kappa shape index (κ2) is 7.81.